The van der Waals surface area contributed by atoms with Gasteiger partial charge in [-0.3, -0.25) is 4.79 Å². The van der Waals surface area contributed by atoms with Gasteiger partial charge in [-0.1, -0.05) is 232 Å². The summed E-state index contributed by atoms with van der Waals surface area (Å²) in [5.74, 6) is -0.0831. The zero-order valence-corrected chi connectivity index (χ0v) is 38.9. The number of unbranched alkanes of at least 4 members (excludes halogenated alkanes) is 18. The molecule has 0 aliphatic heterocycles. The van der Waals surface area contributed by atoms with Gasteiger partial charge in [0.2, 0.25) is 5.91 Å². The van der Waals surface area contributed by atoms with Crippen LogP contribution in [-0.2, 0) is 4.79 Å². The zero-order chi connectivity index (χ0) is 43.5. The predicted molar refractivity (Wildman–Crippen MR) is 266 cm³/mol. The van der Waals surface area contributed by atoms with Crippen molar-refractivity contribution in [3.8, 4) is 0 Å². The van der Waals surface area contributed by atoms with Gasteiger partial charge in [-0.25, -0.2) is 0 Å². The van der Waals surface area contributed by atoms with Gasteiger partial charge >= 0.3 is 0 Å². The van der Waals surface area contributed by atoms with Crippen molar-refractivity contribution in [1.29, 1.82) is 0 Å². The molecule has 2 atom stereocenters. The number of carbonyl (C=O) groups excluding carboxylic acids is 1. The van der Waals surface area contributed by atoms with Crippen molar-refractivity contribution in [2.24, 2.45) is 0 Å². The van der Waals surface area contributed by atoms with Gasteiger partial charge in [-0.05, 0) is 89.9 Å². The smallest absolute Gasteiger partial charge is 0.220 e. The molecule has 0 aromatic carbocycles. The van der Waals surface area contributed by atoms with Crippen LogP contribution in [0.3, 0.4) is 0 Å². The second-order valence-electron chi connectivity index (χ2n) is 16.1. The molecule has 0 radical (unpaired) electrons. The minimum absolute atomic E-state index is 0.0831. The molecule has 340 valence electrons. The molecule has 60 heavy (non-hydrogen) atoms. The molecule has 0 saturated carbocycles. The molecule has 4 nitrogen and oxygen atoms in total. The second-order valence-corrected chi connectivity index (χ2v) is 16.1. The molecule has 0 saturated heterocycles. The van der Waals surface area contributed by atoms with Crippen molar-refractivity contribution in [1.82, 2.24) is 5.32 Å². The standard InChI is InChI=1S/C56H93NO3/c1-3-5-7-9-11-12-13-14-15-16-17-18-19-20-21-22-23-24-25-26-27-28-29-30-31-32-33-34-35-36-37-38-39-40-41-42-43-44-46-48-50-52-56(60)57-54(53-58)55(59)51-49-47-45-10-8-6-4-2/h5,7-8,10-12,14-15,17-18,20-21,23-24,26-27,29-30,49,51,54-55,58-59H,3-4,6,9,13,16,19,22,25,28,31-48,50,52-53H2,1-2H3,(H,57,60)/b7-5-,10-8+,12-11-,15-14-,18-17-,21-20-,24-23-,27-26-,30-29-,51-49+. The van der Waals surface area contributed by atoms with E-state index in [1.807, 2.05) is 6.08 Å². The molecule has 0 rings (SSSR count). The normalized spacial score (nSPS) is 14.0. The number of carbonyl (C=O) groups is 1. The maximum atomic E-state index is 12.3. The van der Waals surface area contributed by atoms with E-state index in [0.717, 1.165) is 89.9 Å². The van der Waals surface area contributed by atoms with Crippen LogP contribution in [0, 0.1) is 0 Å². The fraction of sp³-hybridized carbons (Fsp3) is 0.625. The van der Waals surface area contributed by atoms with Crippen LogP contribution in [-0.4, -0.2) is 34.9 Å². The molecule has 0 fully saturated rings. The van der Waals surface area contributed by atoms with Crippen molar-refractivity contribution >= 4 is 5.91 Å². The average molecular weight is 828 g/mol. The Morgan fingerprint density at radius 1 is 0.417 bits per heavy atom. The summed E-state index contributed by atoms with van der Waals surface area (Å²) < 4.78 is 0. The van der Waals surface area contributed by atoms with Crippen LogP contribution in [0.15, 0.2) is 122 Å². The van der Waals surface area contributed by atoms with E-state index in [1.54, 1.807) is 6.08 Å². The van der Waals surface area contributed by atoms with Gasteiger partial charge < -0.3 is 15.5 Å². The van der Waals surface area contributed by atoms with Crippen LogP contribution in [0.25, 0.3) is 0 Å². The van der Waals surface area contributed by atoms with E-state index in [4.69, 9.17) is 0 Å². The number of allylic oxidation sites excluding steroid dienone is 19. The third-order valence-electron chi connectivity index (χ3n) is 10.4. The number of hydrogen-bond donors (Lipinski definition) is 3. The zero-order valence-electron chi connectivity index (χ0n) is 38.9. The maximum absolute atomic E-state index is 12.3. The van der Waals surface area contributed by atoms with Gasteiger partial charge in [0.05, 0.1) is 18.8 Å². The molecule has 4 heteroatoms. The highest BCUT2D eigenvalue weighted by atomic mass is 16.3. The van der Waals surface area contributed by atoms with Gasteiger partial charge in [0, 0.05) is 6.42 Å². The minimum atomic E-state index is -0.863. The fourth-order valence-electron chi connectivity index (χ4n) is 6.69. The number of hydrogen-bond acceptors (Lipinski definition) is 3. The SMILES string of the molecule is CC/C=C\C/C=C\C/C=C\C/C=C\C/C=C\C/C=C\C/C=C\C/C=C\CCCCCCCCCCCCCCCCCCC(=O)NC(CO)C(O)/C=C/CC/C=C/CCC. The highest BCUT2D eigenvalue weighted by Gasteiger charge is 2.17. The molecule has 0 spiro atoms. The summed E-state index contributed by atoms with van der Waals surface area (Å²) in [6.07, 6.45) is 77.9. The largest absolute Gasteiger partial charge is 0.394 e. The number of amides is 1. The van der Waals surface area contributed by atoms with E-state index in [2.05, 4.69) is 129 Å². The van der Waals surface area contributed by atoms with Crippen molar-refractivity contribution in [3.05, 3.63) is 122 Å². The molecule has 0 aromatic heterocycles. The van der Waals surface area contributed by atoms with Crippen LogP contribution in [0.5, 0.6) is 0 Å². The van der Waals surface area contributed by atoms with Crippen molar-refractivity contribution < 1.29 is 15.0 Å². The van der Waals surface area contributed by atoms with E-state index in [1.165, 1.54) is 96.3 Å². The minimum Gasteiger partial charge on any atom is -0.394 e. The van der Waals surface area contributed by atoms with Crippen LogP contribution in [0.2, 0.25) is 0 Å². The first-order valence-corrected chi connectivity index (χ1v) is 24.7. The van der Waals surface area contributed by atoms with Gasteiger partial charge in [-0.2, -0.15) is 0 Å². The summed E-state index contributed by atoms with van der Waals surface area (Å²) in [5.41, 5.74) is 0. The molecule has 0 aromatic rings. The Morgan fingerprint density at radius 2 is 0.750 bits per heavy atom. The molecule has 2 unspecified atom stereocenters. The fourth-order valence-corrected chi connectivity index (χ4v) is 6.69. The second kappa shape index (κ2) is 50.1. The summed E-state index contributed by atoms with van der Waals surface area (Å²) in [6.45, 7) is 4.06. The lowest BCUT2D eigenvalue weighted by Gasteiger charge is -2.19. The van der Waals surface area contributed by atoms with Gasteiger partial charge in [0.1, 0.15) is 0 Å². The van der Waals surface area contributed by atoms with Gasteiger partial charge in [-0.15, -0.1) is 0 Å². The molecule has 1 amide bonds. The summed E-state index contributed by atoms with van der Waals surface area (Å²) in [7, 11) is 0. The first-order chi connectivity index (χ1) is 29.7. The molecule has 3 N–H and O–H groups in total. The quantitative estimate of drug-likeness (QED) is 0.0424. The Kier molecular flexibility index (Phi) is 47.5. The highest BCUT2D eigenvalue weighted by Crippen LogP contribution is 2.15. The van der Waals surface area contributed by atoms with Crippen molar-refractivity contribution in [2.75, 3.05) is 6.61 Å². The lowest BCUT2D eigenvalue weighted by Crippen LogP contribution is -2.45. The van der Waals surface area contributed by atoms with Crippen LogP contribution < -0.4 is 5.32 Å². The molecule has 0 aliphatic carbocycles. The molecular weight excluding hydrogens is 735 g/mol. The lowest BCUT2D eigenvalue weighted by molar-refractivity contribution is -0.123. The van der Waals surface area contributed by atoms with Crippen molar-refractivity contribution in [3.63, 3.8) is 0 Å². The topological polar surface area (TPSA) is 69.6 Å². The van der Waals surface area contributed by atoms with Gasteiger partial charge in [0.15, 0.2) is 0 Å². The summed E-state index contributed by atoms with van der Waals surface area (Å²) in [6, 6.07) is -0.641. The molecule has 0 aliphatic rings. The third-order valence-corrected chi connectivity index (χ3v) is 10.4. The van der Waals surface area contributed by atoms with Crippen LogP contribution in [0.4, 0.5) is 0 Å². The van der Waals surface area contributed by atoms with E-state index < -0.39 is 12.1 Å². The molecule has 0 heterocycles. The number of aliphatic hydroxyl groups excluding tert-OH is 2. The molecule has 0 bridgehead atoms. The average Bonchev–Trinajstić information content (AvgIpc) is 3.25. The van der Waals surface area contributed by atoms with Crippen LogP contribution >= 0.6 is 0 Å². The third kappa shape index (κ3) is 45.9. The Morgan fingerprint density at radius 3 is 1.15 bits per heavy atom. The number of nitrogens with one attached hydrogen (secondary N) is 1. The van der Waals surface area contributed by atoms with E-state index in [0.29, 0.717) is 6.42 Å². The van der Waals surface area contributed by atoms with Crippen molar-refractivity contribution in [2.45, 2.75) is 219 Å². The van der Waals surface area contributed by atoms with E-state index in [-0.39, 0.29) is 12.5 Å². The van der Waals surface area contributed by atoms with Crippen LogP contribution in [0.1, 0.15) is 206 Å². The monoisotopic (exact) mass is 828 g/mol. The first kappa shape index (κ1) is 56.8. The maximum Gasteiger partial charge on any atom is 0.220 e. The number of rotatable bonds is 43. The summed E-state index contributed by atoms with van der Waals surface area (Å²) >= 11 is 0. The Hall–Kier alpha value is -3.21. The van der Waals surface area contributed by atoms with Gasteiger partial charge in [0.25, 0.3) is 0 Å². The lowest BCUT2D eigenvalue weighted by atomic mass is 10.0. The molecular formula is C56H93NO3. The van der Waals surface area contributed by atoms with E-state index in [9.17, 15) is 15.0 Å². The number of aliphatic hydroxyl groups is 2. The Balaban J connectivity index is 3.50. The summed E-state index contributed by atoms with van der Waals surface area (Å²) in [5, 5.41) is 22.8. The predicted octanol–water partition coefficient (Wildman–Crippen LogP) is 16.1. The Bertz CT molecular complexity index is 1210. The highest BCUT2D eigenvalue weighted by molar-refractivity contribution is 5.76. The Labute approximate surface area is 371 Å². The first-order valence-electron chi connectivity index (χ1n) is 24.7. The summed E-state index contributed by atoms with van der Waals surface area (Å²) in [4.78, 5) is 12.3. The van der Waals surface area contributed by atoms with E-state index >= 15 is 0 Å².